The maximum Gasteiger partial charge on any atom is 0.186 e. The van der Waals surface area contributed by atoms with Gasteiger partial charge in [-0.1, -0.05) is 11.3 Å². The monoisotopic (exact) mass is 503 g/mol. The molecular formula is C29H33N3O3S. The van der Waals surface area contributed by atoms with E-state index < -0.39 is 11.7 Å². The van der Waals surface area contributed by atoms with Gasteiger partial charge in [-0.15, -0.1) is 0 Å². The van der Waals surface area contributed by atoms with Gasteiger partial charge in [-0.05, 0) is 76.9 Å². The number of anilines is 1. The largest absolute Gasteiger partial charge is 0.493 e. The molecule has 1 aliphatic rings. The van der Waals surface area contributed by atoms with E-state index in [0.717, 1.165) is 67.2 Å². The predicted octanol–water partition coefficient (Wildman–Crippen LogP) is 6.66. The summed E-state index contributed by atoms with van der Waals surface area (Å²) < 4.78 is 13.5. The molecule has 4 aromatic rings. The highest BCUT2D eigenvalue weighted by atomic mass is 32.1. The number of hydrogen-bond donors (Lipinski definition) is 0. The number of hydrogen-bond acceptors (Lipinski definition) is 7. The first-order valence-electron chi connectivity index (χ1n) is 12.5. The molecule has 5 rings (SSSR count). The number of pyridine rings is 1. The van der Waals surface area contributed by atoms with E-state index in [2.05, 4.69) is 30.0 Å². The van der Waals surface area contributed by atoms with Crippen molar-refractivity contribution in [2.24, 2.45) is 0 Å². The van der Waals surface area contributed by atoms with Crippen molar-refractivity contribution in [1.29, 1.82) is 0 Å². The molecule has 6 nitrogen and oxygen atoms in total. The molecule has 0 amide bonds. The first kappa shape index (κ1) is 24.7. The minimum Gasteiger partial charge on any atom is -0.493 e. The van der Waals surface area contributed by atoms with E-state index in [0.29, 0.717) is 6.61 Å². The zero-order chi connectivity index (χ0) is 25.8. The highest BCUT2D eigenvalue weighted by Crippen LogP contribution is 2.47. The summed E-state index contributed by atoms with van der Waals surface area (Å²) in [5.41, 5.74) is 6.36. The molecule has 0 bridgehead atoms. The summed E-state index contributed by atoms with van der Waals surface area (Å²) >= 11 is 1.65. The average Bonchev–Trinajstić information content (AvgIpc) is 3.25. The standard InChI is InChI=1S/C29H33N3O3S/c1-8-32(7)28-31-20-15-16(2)22(26(17(3)33)35-29(4,5)6)24(27(20)36-28)19-9-10-21-23-18(12-14-34-21)11-13-30-25(19)23/h9-11,13,15,26H,8,12,14H2,1-7H3/t26-/m1/s1. The lowest BCUT2D eigenvalue weighted by atomic mass is 9.88. The Hall–Kier alpha value is -3.03. The van der Waals surface area contributed by atoms with Crippen molar-refractivity contribution in [3.63, 3.8) is 0 Å². The van der Waals surface area contributed by atoms with Gasteiger partial charge in [0.1, 0.15) is 11.9 Å². The number of ether oxygens (including phenoxy) is 2. The fourth-order valence-electron chi connectivity index (χ4n) is 4.91. The Morgan fingerprint density at radius 1 is 1.28 bits per heavy atom. The van der Waals surface area contributed by atoms with Gasteiger partial charge in [-0.25, -0.2) is 4.98 Å². The van der Waals surface area contributed by atoms with Gasteiger partial charge in [0.15, 0.2) is 10.9 Å². The van der Waals surface area contributed by atoms with E-state index in [-0.39, 0.29) is 5.78 Å². The molecule has 1 atom stereocenters. The van der Waals surface area contributed by atoms with Crippen molar-refractivity contribution in [3.05, 3.63) is 47.2 Å². The van der Waals surface area contributed by atoms with Crippen LogP contribution in [0.2, 0.25) is 0 Å². The number of aromatic nitrogens is 2. The second-order valence-corrected chi connectivity index (χ2v) is 11.4. The van der Waals surface area contributed by atoms with Crippen LogP contribution in [0.4, 0.5) is 5.13 Å². The lowest BCUT2D eigenvalue weighted by Crippen LogP contribution is -2.27. The van der Waals surface area contributed by atoms with Gasteiger partial charge in [0.25, 0.3) is 0 Å². The Balaban J connectivity index is 1.90. The summed E-state index contributed by atoms with van der Waals surface area (Å²) in [5.74, 6) is 0.835. The molecule has 2 aromatic carbocycles. The first-order valence-corrected chi connectivity index (χ1v) is 13.3. The van der Waals surface area contributed by atoms with E-state index >= 15 is 0 Å². The topological polar surface area (TPSA) is 64.6 Å². The maximum absolute atomic E-state index is 13.1. The molecule has 0 spiro atoms. The van der Waals surface area contributed by atoms with Crippen LogP contribution in [0.25, 0.3) is 32.2 Å². The number of carbonyl (C=O) groups is 1. The summed E-state index contributed by atoms with van der Waals surface area (Å²) in [6.07, 6.45) is 2.02. The number of aryl methyl sites for hydroxylation is 1. The molecule has 0 radical (unpaired) electrons. The van der Waals surface area contributed by atoms with Crippen molar-refractivity contribution >= 4 is 43.4 Å². The molecule has 3 heterocycles. The molecule has 188 valence electrons. The Bertz CT molecular complexity index is 1470. The maximum atomic E-state index is 13.1. The summed E-state index contributed by atoms with van der Waals surface area (Å²) in [4.78, 5) is 25.0. The third kappa shape index (κ3) is 4.24. The Labute approximate surface area is 216 Å². The zero-order valence-electron chi connectivity index (χ0n) is 22.1. The number of carbonyl (C=O) groups excluding carboxylic acids is 1. The zero-order valence-corrected chi connectivity index (χ0v) is 22.9. The summed E-state index contributed by atoms with van der Waals surface area (Å²) in [7, 11) is 2.05. The number of thiazole rings is 1. The van der Waals surface area contributed by atoms with Crippen LogP contribution in [0.15, 0.2) is 30.5 Å². The molecule has 1 aliphatic heterocycles. The molecule has 0 N–H and O–H groups in total. The van der Waals surface area contributed by atoms with Crippen LogP contribution >= 0.6 is 11.3 Å². The molecule has 7 heteroatoms. The van der Waals surface area contributed by atoms with E-state index in [1.165, 1.54) is 5.56 Å². The highest BCUT2D eigenvalue weighted by molar-refractivity contribution is 7.22. The predicted molar refractivity (Wildman–Crippen MR) is 147 cm³/mol. The number of benzene rings is 2. The van der Waals surface area contributed by atoms with Crippen molar-refractivity contribution in [2.45, 2.75) is 59.7 Å². The highest BCUT2D eigenvalue weighted by Gasteiger charge is 2.32. The molecule has 2 aromatic heterocycles. The fraction of sp³-hybridized carbons (Fsp3) is 0.414. The van der Waals surface area contributed by atoms with Crippen LogP contribution in [0.5, 0.6) is 5.75 Å². The van der Waals surface area contributed by atoms with Gasteiger partial charge in [-0.3, -0.25) is 9.78 Å². The fourth-order valence-corrected chi connectivity index (χ4v) is 6.05. The van der Waals surface area contributed by atoms with Gasteiger partial charge in [0.2, 0.25) is 0 Å². The van der Waals surface area contributed by atoms with Gasteiger partial charge < -0.3 is 14.4 Å². The number of ketones is 1. The molecule has 0 fully saturated rings. The number of nitrogens with zero attached hydrogens (tertiary/aromatic N) is 3. The van der Waals surface area contributed by atoms with Crippen LogP contribution in [0.1, 0.15) is 57.4 Å². The normalized spacial score (nSPS) is 14.2. The van der Waals surface area contributed by atoms with Crippen LogP contribution in [-0.2, 0) is 16.0 Å². The molecule has 36 heavy (non-hydrogen) atoms. The summed E-state index contributed by atoms with van der Waals surface area (Å²) in [5, 5.41) is 1.99. The first-order chi connectivity index (χ1) is 17.1. The number of rotatable bonds is 6. The molecule has 0 unspecified atom stereocenters. The molecule has 0 aliphatic carbocycles. The van der Waals surface area contributed by atoms with Crippen LogP contribution in [0, 0.1) is 6.92 Å². The third-order valence-electron chi connectivity index (χ3n) is 6.66. The SMILES string of the molecule is CCN(C)c1nc2cc(C)c([C@H](OC(C)(C)C)C(C)=O)c(-c3ccc4c5c(ccnc35)CCO4)c2s1. The number of fused-ring (bicyclic) bond motifs is 1. The van der Waals surface area contributed by atoms with E-state index in [9.17, 15) is 4.79 Å². The van der Waals surface area contributed by atoms with Gasteiger partial charge in [0, 0.05) is 48.3 Å². The van der Waals surface area contributed by atoms with E-state index in [1.54, 1.807) is 18.3 Å². The lowest BCUT2D eigenvalue weighted by Gasteiger charge is -2.29. The van der Waals surface area contributed by atoms with Crippen molar-refractivity contribution < 1.29 is 14.3 Å². The van der Waals surface area contributed by atoms with Crippen molar-refractivity contribution in [1.82, 2.24) is 9.97 Å². The van der Waals surface area contributed by atoms with Crippen molar-refractivity contribution in [2.75, 3.05) is 25.1 Å². The minimum atomic E-state index is -0.707. The lowest BCUT2D eigenvalue weighted by molar-refractivity contribution is -0.138. The Kier molecular flexibility index (Phi) is 6.25. The molecular weight excluding hydrogens is 470 g/mol. The average molecular weight is 504 g/mol. The van der Waals surface area contributed by atoms with E-state index in [4.69, 9.17) is 19.4 Å². The second kappa shape index (κ2) is 9.12. The van der Waals surface area contributed by atoms with Crippen LogP contribution in [-0.4, -0.2) is 41.6 Å². The van der Waals surface area contributed by atoms with Gasteiger partial charge in [0.05, 0.1) is 27.9 Å². The second-order valence-electron chi connectivity index (χ2n) is 10.5. The smallest absolute Gasteiger partial charge is 0.186 e. The van der Waals surface area contributed by atoms with Crippen molar-refractivity contribution in [3.8, 4) is 16.9 Å². The van der Waals surface area contributed by atoms with Crippen LogP contribution < -0.4 is 9.64 Å². The molecule has 0 saturated heterocycles. The number of Topliss-reactive ketones (excluding diaryl/α,β-unsaturated/α-hetero) is 1. The Morgan fingerprint density at radius 3 is 2.75 bits per heavy atom. The van der Waals surface area contributed by atoms with Crippen LogP contribution in [0.3, 0.4) is 0 Å². The third-order valence-corrected chi connectivity index (χ3v) is 7.86. The Morgan fingerprint density at radius 2 is 2.06 bits per heavy atom. The van der Waals surface area contributed by atoms with Gasteiger partial charge >= 0.3 is 0 Å². The summed E-state index contributed by atoms with van der Waals surface area (Å²) in [6.45, 7) is 13.2. The summed E-state index contributed by atoms with van der Waals surface area (Å²) in [6, 6.07) is 8.27. The minimum absolute atomic E-state index is 0.0249. The quantitative estimate of drug-likeness (QED) is 0.293. The van der Waals surface area contributed by atoms with Gasteiger partial charge in [-0.2, -0.15) is 0 Å². The van der Waals surface area contributed by atoms with E-state index in [1.807, 2.05) is 47.0 Å². The molecule has 0 saturated carbocycles.